The second-order valence-electron chi connectivity index (χ2n) is 5.76. The molecule has 6 nitrogen and oxygen atoms in total. The van der Waals surface area contributed by atoms with E-state index in [1.165, 1.54) is 41.1 Å². The van der Waals surface area contributed by atoms with Crippen LogP contribution in [0.2, 0.25) is 0 Å². The fraction of sp³-hybridized carbons (Fsp3) is 0.0500. The van der Waals surface area contributed by atoms with Gasteiger partial charge < -0.3 is 4.57 Å². The van der Waals surface area contributed by atoms with Crippen molar-refractivity contribution in [1.82, 2.24) is 15.4 Å². The van der Waals surface area contributed by atoms with Gasteiger partial charge in [0.1, 0.15) is 5.82 Å². The highest BCUT2D eigenvalue weighted by atomic mass is 19.1. The van der Waals surface area contributed by atoms with E-state index >= 15 is 0 Å². The van der Waals surface area contributed by atoms with E-state index in [2.05, 4.69) is 10.9 Å². The Morgan fingerprint density at radius 3 is 2.26 bits per heavy atom. The Morgan fingerprint density at radius 2 is 1.52 bits per heavy atom. The Balaban J connectivity index is 1.70. The van der Waals surface area contributed by atoms with Gasteiger partial charge in [-0.1, -0.05) is 42.5 Å². The van der Waals surface area contributed by atoms with Crippen LogP contribution in [-0.2, 0) is 6.54 Å². The van der Waals surface area contributed by atoms with Crippen molar-refractivity contribution < 1.29 is 14.0 Å². The summed E-state index contributed by atoms with van der Waals surface area (Å²) in [5.74, 6) is -2.10. The predicted octanol–water partition coefficient (Wildman–Crippen LogP) is 2.11. The molecule has 1 heterocycles. The number of carbonyl (C=O) groups excluding carboxylic acids is 2. The lowest BCUT2D eigenvalue weighted by atomic mass is 10.2. The molecule has 0 spiro atoms. The third kappa shape index (κ3) is 4.46. The standard InChI is InChI=1S/C20H16FN3O3/c21-17-9-5-4-8-16(17)20(27)23-22-19(26)15-10-11-18(25)24(13-15)12-14-6-2-1-3-7-14/h1-11,13H,12H2,(H,22,26)(H,23,27). The van der Waals surface area contributed by atoms with E-state index < -0.39 is 17.6 Å². The van der Waals surface area contributed by atoms with Crippen molar-refractivity contribution >= 4 is 11.8 Å². The normalized spacial score (nSPS) is 10.3. The van der Waals surface area contributed by atoms with Crippen LogP contribution < -0.4 is 16.4 Å². The molecule has 3 aromatic rings. The lowest BCUT2D eigenvalue weighted by Gasteiger charge is -2.10. The predicted molar refractivity (Wildman–Crippen MR) is 97.6 cm³/mol. The van der Waals surface area contributed by atoms with Crippen LogP contribution in [0.1, 0.15) is 26.3 Å². The van der Waals surface area contributed by atoms with Crippen molar-refractivity contribution in [3.8, 4) is 0 Å². The van der Waals surface area contributed by atoms with Crippen molar-refractivity contribution in [3.63, 3.8) is 0 Å². The quantitative estimate of drug-likeness (QED) is 0.695. The molecule has 2 aromatic carbocycles. The summed E-state index contributed by atoms with van der Waals surface area (Å²) in [7, 11) is 0. The van der Waals surface area contributed by atoms with Gasteiger partial charge in [0.05, 0.1) is 17.7 Å². The van der Waals surface area contributed by atoms with Crippen molar-refractivity contribution in [2.24, 2.45) is 0 Å². The minimum absolute atomic E-state index is 0.180. The van der Waals surface area contributed by atoms with Gasteiger partial charge in [0.2, 0.25) is 0 Å². The third-order valence-electron chi connectivity index (χ3n) is 3.85. The lowest BCUT2D eigenvalue weighted by molar-refractivity contribution is 0.0844. The van der Waals surface area contributed by atoms with Crippen LogP contribution in [0.5, 0.6) is 0 Å². The molecule has 1 aromatic heterocycles. The van der Waals surface area contributed by atoms with E-state index in [1.807, 2.05) is 30.3 Å². The Labute approximate surface area is 154 Å². The topological polar surface area (TPSA) is 80.2 Å². The van der Waals surface area contributed by atoms with Crippen LogP contribution in [0.15, 0.2) is 77.7 Å². The van der Waals surface area contributed by atoms with E-state index in [0.717, 1.165) is 11.6 Å². The van der Waals surface area contributed by atoms with Crippen molar-refractivity contribution in [2.45, 2.75) is 6.54 Å². The average Bonchev–Trinajstić information content (AvgIpc) is 2.68. The summed E-state index contributed by atoms with van der Waals surface area (Å²) < 4.78 is 15.0. The summed E-state index contributed by atoms with van der Waals surface area (Å²) in [6.45, 7) is 0.308. The van der Waals surface area contributed by atoms with E-state index in [9.17, 15) is 18.8 Å². The number of benzene rings is 2. The van der Waals surface area contributed by atoms with Gasteiger partial charge >= 0.3 is 0 Å². The van der Waals surface area contributed by atoms with Crippen LogP contribution in [-0.4, -0.2) is 16.4 Å². The Morgan fingerprint density at radius 1 is 0.852 bits per heavy atom. The summed E-state index contributed by atoms with van der Waals surface area (Å²) in [6, 6.07) is 17.4. The second kappa shape index (κ2) is 8.09. The monoisotopic (exact) mass is 365 g/mol. The molecule has 3 rings (SSSR count). The number of rotatable bonds is 4. The number of pyridine rings is 1. The molecule has 7 heteroatoms. The Kier molecular flexibility index (Phi) is 5.41. The van der Waals surface area contributed by atoms with Gasteiger partial charge in [0.15, 0.2) is 0 Å². The van der Waals surface area contributed by atoms with Crippen molar-refractivity contribution in [2.75, 3.05) is 0 Å². The molecule has 0 aliphatic carbocycles. The summed E-state index contributed by atoms with van der Waals surface area (Å²) in [5.41, 5.74) is 5.01. The first-order valence-electron chi connectivity index (χ1n) is 8.14. The zero-order valence-electron chi connectivity index (χ0n) is 14.2. The van der Waals surface area contributed by atoms with E-state index in [1.54, 1.807) is 0 Å². The molecule has 136 valence electrons. The highest BCUT2D eigenvalue weighted by molar-refractivity contribution is 5.99. The number of carbonyl (C=O) groups is 2. The minimum atomic E-state index is -0.779. The van der Waals surface area contributed by atoms with Gasteiger partial charge in [-0.25, -0.2) is 4.39 Å². The molecule has 2 N–H and O–H groups in total. The molecule has 27 heavy (non-hydrogen) atoms. The van der Waals surface area contributed by atoms with Crippen LogP contribution >= 0.6 is 0 Å². The van der Waals surface area contributed by atoms with Gasteiger partial charge in [-0.15, -0.1) is 0 Å². The first kappa shape index (κ1) is 18.1. The maximum absolute atomic E-state index is 13.6. The van der Waals surface area contributed by atoms with Gasteiger partial charge in [0, 0.05) is 12.3 Å². The molecule has 0 atom stereocenters. The molecule has 0 saturated carbocycles. The van der Waals surface area contributed by atoms with Crippen molar-refractivity contribution in [3.05, 3.63) is 106 Å². The minimum Gasteiger partial charge on any atom is -0.310 e. The Bertz CT molecular complexity index is 1030. The molecular formula is C20H16FN3O3. The highest BCUT2D eigenvalue weighted by Crippen LogP contribution is 2.06. The maximum Gasteiger partial charge on any atom is 0.272 e. The maximum atomic E-state index is 13.6. The van der Waals surface area contributed by atoms with Crippen molar-refractivity contribution in [1.29, 1.82) is 0 Å². The molecule has 0 unspecified atom stereocenters. The van der Waals surface area contributed by atoms with Crippen LogP contribution in [0, 0.1) is 5.82 Å². The number of amides is 2. The van der Waals surface area contributed by atoms with Crippen LogP contribution in [0.25, 0.3) is 0 Å². The number of aromatic nitrogens is 1. The fourth-order valence-corrected chi connectivity index (χ4v) is 2.47. The molecule has 0 saturated heterocycles. The van der Waals surface area contributed by atoms with Gasteiger partial charge in [-0.05, 0) is 23.8 Å². The highest BCUT2D eigenvalue weighted by Gasteiger charge is 2.13. The van der Waals surface area contributed by atoms with Crippen LogP contribution in [0.4, 0.5) is 4.39 Å². The molecular weight excluding hydrogens is 349 g/mol. The first-order valence-corrected chi connectivity index (χ1v) is 8.14. The molecule has 0 fully saturated rings. The SMILES string of the molecule is O=C(NNC(=O)c1ccccc1F)c1ccc(=O)n(Cc2ccccc2)c1. The van der Waals surface area contributed by atoms with E-state index in [0.29, 0.717) is 6.54 Å². The summed E-state index contributed by atoms with van der Waals surface area (Å²) in [4.78, 5) is 36.2. The molecule has 0 aliphatic heterocycles. The molecule has 0 radical (unpaired) electrons. The second-order valence-corrected chi connectivity index (χ2v) is 5.76. The smallest absolute Gasteiger partial charge is 0.272 e. The molecule has 2 amide bonds. The number of hydrogen-bond acceptors (Lipinski definition) is 3. The van der Waals surface area contributed by atoms with Gasteiger partial charge in [0.25, 0.3) is 17.4 Å². The van der Waals surface area contributed by atoms with Crippen LogP contribution in [0.3, 0.4) is 0 Å². The summed E-state index contributed by atoms with van der Waals surface area (Å²) in [6.07, 6.45) is 1.40. The fourth-order valence-electron chi connectivity index (χ4n) is 2.47. The van der Waals surface area contributed by atoms with Gasteiger partial charge in [-0.2, -0.15) is 0 Å². The zero-order chi connectivity index (χ0) is 19.2. The number of halogens is 1. The number of nitrogens with zero attached hydrogens (tertiary/aromatic N) is 1. The number of hydrazine groups is 1. The van der Waals surface area contributed by atoms with Gasteiger partial charge in [-0.3, -0.25) is 25.2 Å². The largest absolute Gasteiger partial charge is 0.310 e. The molecule has 0 bridgehead atoms. The average molecular weight is 365 g/mol. The van der Waals surface area contributed by atoms with E-state index in [4.69, 9.17) is 0 Å². The zero-order valence-corrected chi connectivity index (χ0v) is 14.2. The van der Waals surface area contributed by atoms with E-state index in [-0.39, 0.29) is 16.7 Å². The Hall–Kier alpha value is -3.74. The summed E-state index contributed by atoms with van der Waals surface area (Å²) in [5, 5.41) is 0. The third-order valence-corrected chi connectivity index (χ3v) is 3.85. The lowest BCUT2D eigenvalue weighted by Crippen LogP contribution is -2.42. The number of nitrogens with one attached hydrogen (secondary N) is 2. The molecule has 0 aliphatic rings. The number of hydrogen-bond donors (Lipinski definition) is 2. The summed E-state index contributed by atoms with van der Waals surface area (Å²) >= 11 is 0. The first-order chi connectivity index (χ1) is 13.0.